The molecule has 0 amide bonds. The molecule has 0 radical (unpaired) electrons. The lowest BCUT2D eigenvalue weighted by atomic mass is 10.2. The van der Waals surface area contributed by atoms with E-state index >= 15 is 0 Å². The fourth-order valence-corrected chi connectivity index (χ4v) is 2.29. The Balaban J connectivity index is 2.99. The molecule has 21 heavy (non-hydrogen) atoms. The monoisotopic (exact) mass is 331 g/mol. The van der Waals surface area contributed by atoms with E-state index in [-0.39, 0.29) is 0 Å². The van der Waals surface area contributed by atoms with Crippen LogP contribution in [-0.4, -0.2) is 43.4 Å². The Bertz CT molecular complexity index is 643. The Morgan fingerprint density at radius 3 is 2.38 bits per heavy atom. The fraction of sp³-hybridized carbons (Fsp3) is 0.300. The van der Waals surface area contributed by atoms with Crippen molar-refractivity contribution >= 4 is 16.0 Å². The van der Waals surface area contributed by atoms with E-state index < -0.39 is 51.1 Å². The predicted octanol–water partition coefficient (Wildman–Crippen LogP) is 0.725. The summed E-state index contributed by atoms with van der Waals surface area (Å²) in [4.78, 5) is 9.91. The van der Waals surface area contributed by atoms with Gasteiger partial charge in [0.1, 0.15) is 5.82 Å². The van der Waals surface area contributed by atoms with Crippen molar-refractivity contribution in [1.82, 2.24) is 4.72 Å². The van der Waals surface area contributed by atoms with Crippen molar-refractivity contribution in [2.45, 2.75) is 17.2 Å². The Hall–Kier alpha value is -1.72. The van der Waals surface area contributed by atoms with Gasteiger partial charge in [-0.3, -0.25) is 0 Å². The lowest BCUT2D eigenvalue weighted by Gasteiger charge is -2.15. The van der Waals surface area contributed by atoms with Crippen LogP contribution in [0.5, 0.6) is 0 Å². The maximum absolute atomic E-state index is 13.1. The molecule has 118 valence electrons. The van der Waals surface area contributed by atoms with Gasteiger partial charge in [0.2, 0.25) is 10.0 Å². The molecule has 1 aromatic carbocycles. The molecular weight excluding hydrogens is 322 g/mol. The summed E-state index contributed by atoms with van der Waals surface area (Å²) in [6.45, 7) is -1.36. The van der Waals surface area contributed by atoms with E-state index in [2.05, 4.69) is 0 Å². The number of benzene rings is 1. The average molecular weight is 331 g/mol. The van der Waals surface area contributed by atoms with Crippen LogP contribution in [0.15, 0.2) is 23.1 Å². The third-order valence-corrected chi connectivity index (χ3v) is 3.74. The summed E-state index contributed by atoms with van der Waals surface area (Å²) >= 11 is 0. The molecule has 6 nitrogen and oxygen atoms in total. The number of carbonyl (C=O) groups is 1. The van der Waals surface area contributed by atoms with Gasteiger partial charge in [-0.05, 0) is 18.2 Å². The van der Waals surface area contributed by atoms with Crippen molar-refractivity contribution in [3.63, 3.8) is 0 Å². The molecule has 0 heterocycles. The van der Waals surface area contributed by atoms with Gasteiger partial charge in [-0.15, -0.1) is 0 Å². The number of aliphatic hydroxyl groups is 1. The highest BCUT2D eigenvalue weighted by Crippen LogP contribution is 2.20. The second-order valence-electron chi connectivity index (χ2n) is 3.86. The number of halogens is 4. The first kappa shape index (κ1) is 17.3. The average Bonchev–Trinajstić information content (AvgIpc) is 2.34. The van der Waals surface area contributed by atoms with Crippen LogP contribution in [0.4, 0.5) is 17.6 Å². The number of aliphatic hydroxyl groups excluding tert-OH is 1. The third-order valence-electron chi connectivity index (χ3n) is 2.32. The molecule has 0 fully saturated rings. The predicted molar refractivity (Wildman–Crippen MR) is 60.6 cm³/mol. The summed E-state index contributed by atoms with van der Waals surface area (Å²) in [5, 5.41) is 17.3. The third kappa shape index (κ3) is 4.37. The van der Waals surface area contributed by atoms with Crippen LogP contribution in [0.2, 0.25) is 0 Å². The summed E-state index contributed by atoms with van der Waals surface area (Å²) in [6, 6.07) is 1.70. The zero-order valence-corrected chi connectivity index (χ0v) is 10.9. The van der Waals surface area contributed by atoms with Gasteiger partial charge in [0.25, 0.3) is 0 Å². The topological polar surface area (TPSA) is 104 Å². The number of carboxylic acids is 1. The first-order valence-electron chi connectivity index (χ1n) is 5.22. The molecule has 0 saturated heterocycles. The highest BCUT2D eigenvalue weighted by atomic mass is 32.2. The standard InChI is InChI=1S/C10H9F4NO5S/c11-7-2-1-5(3-6(7)9(17)18)21(19,20)15-4-8(16)10(12,13)14/h1-3,8,15-16H,4H2,(H,17,18). The minimum absolute atomic E-state index is 0.458. The Labute approximate surface area is 116 Å². The number of carboxylic acid groups (broad SMARTS) is 1. The van der Waals surface area contributed by atoms with E-state index in [0.29, 0.717) is 18.2 Å². The Morgan fingerprint density at radius 2 is 1.90 bits per heavy atom. The molecule has 0 aliphatic carbocycles. The number of rotatable bonds is 5. The zero-order chi connectivity index (χ0) is 16.4. The minimum atomic E-state index is -5.02. The zero-order valence-electron chi connectivity index (χ0n) is 10.1. The maximum Gasteiger partial charge on any atom is 0.415 e. The van der Waals surface area contributed by atoms with E-state index in [0.717, 1.165) is 0 Å². The van der Waals surface area contributed by atoms with Gasteiger partial charge in [-0.2, -0.15) is 13.2 Å². The van der Waals surface area contributed by atoms with Crippen molar-refractivity contribution in [2.24, 2.45) is 0 Å². The molecule has 0 bridgehead atoms. The quantitative estimate of drug-likeness (QED) is 0.690. The van der Waals surface area contributed by atoms with Gasteiger partial charge < -0.3 is 10.2 Å². The highest BCUT2D eigenvalue weighted by molar-refractivity contribution is 7.89. The van der Waals surface area contributed by atoms with Crippen LogP contribution in [-0.2, 0) is 10.0 Å². The molecule has 1 atom stereocenters. The van der Waals surface area contributed by atoms with E-state index in [1.807, 2.05) is 0 Å². The number of sulfonamides is 1. The normalized spacial score (nSPS) is 14.0. The van der Waals surface area contributed by atoms with Crippen LogP contribution in [0, 0.1) is 5.82 Å². The molecule has 3 N–H and O–H groups in total. The molecule has 0 saturated carbocycles. The second-order valence-corrected chi connectivity index (χ2v) is 5.62. The van der Waals surface area contributed by atoms with Gasteiger partial charge >= 0.3 is 12.1 Å². The Morgan fingerprint density at radius 1 is 1.33 bits per heavy atom. The molecule has 0 aliphatic rings. The van der Waals surface area contributed by atoms with Gasteiger partial charge in [0, 0.05) is 6.54 Å². The van der Waals surface area contributed by atoms with Crippen LogP contribution in [0.3, 0.4) is 0 Å². The molecule has 0 spiro atoms. The van der Waals surface area contributed by atoms with Crippen LogP contribution < -0.4 is 4.72 Å². The summed E-state index contributed by atoms with van der Waals surface area (Å²) in [5.74, 6) is -2.93. The summed E-state index contributed by atoms with van der Waals surface area (Å²) in [7, 11) is -4.53. The first-order valence-corrected chi connectivity index (χ1v) is 6.71. The van der Waals surface area contributed by atoms with E-state index in [1.165, 1.54) is 4.72 Å². The number of nitrogens with one attached hydrogen (secondary N) is 1. The molecular formula is C10H9F4NO5S. The summed E-state index contributed by atoms with van der Waals surface area (Å²) < 4.78 is 74.0. The lowest BCUT2D eigenvalue weighted by Crippen LogP contribution is -2.40. The minimum Gasteiger partial charge on any atom is -0.478 e. The molecule has 0 aliphatic heterocycles. The number of hydrogen-bond acceptors (Lipinski definition) is 4. The van der Waals surface area contributed by atoms with Crippen LogP contribution >= 0.6 is 0 Å². The van der Waals surface area contributed by atoms with E-state index in [9.17, 15) is 30.8 Å². The van der Waals surface area contributed by atoms with E-state index in [1.54, 1.807) is 0 Å². The number of alkyl halides is 3. The van der Waals surface area contributed by atoms with Gasteiger partial charge in [0.15, 0.2) is 6.10 Å². The molecule has 1 aromatic rings. The largest absolute Gasteiger partial charge is 0.478 e. The van der Waals surface area contributed by atoms with Crippen LogP contribution in [0.25, 0.3) is 0 Å². The van der Waals surface area contributed by atoms with Gasteiger partial charge in [-0.25, -0.2) is 22.3 Å². The van der Waals surface area contributed by atoms with Crippen molar-refractivity contribution in [1.29, 1.82) is 0 Å². The summed E-state index contributed by atoms with van der Waals surface area (Å²) in [6.07, 6.45) is -7.94. The first-order chi connectivity index (χ1) is 9.45. The number of hydrogen-bond donors (Lipinski definition) is 3. The second kappa shape index (κ2) is 5.95. The highest BCUT2D eigenvalue weighted by Gasteiger charge is 2.38. The van der Waals surface area contributed by atoms with Crippen molar-refractivity contribution in [3.8, 4) is 0 Å². The van der Waals surface area contributed by atoms with Crippen molar-refractivity contribution in [3.05, 3.63) is 29.6 Å². The SMILES string of the molecule is O=C(O)c1cc(S(=O)(=O)NCC(O)C(F)(F)F)ccc1F. The van der Waals surface area contributed by atoms with Gasteiger partial charge in [0.05, 0.1) is 10.5 Å². The summed E-state index contributed by atoms with van der Waals surface area (Å²) in [5.41, 5.74) is -0.950. The van der Waals surface area contributed by atoms with Gasteiger partial charge in [-0.1, -0.05) is 0 Å². The maximum atomic E-state index is 13.1. The molecule has 11 heteroatoms. The Kier molecular flexibility index (Phi) is 4.91. The number of aromatic carboxylic acids is 1. The lowest BCUT2D eigenvalue weighted by molar-refractivity contribution is -0.200. The van der Waals surface area contributed by atoms with E-state index in [4.69, 9.17) is 10.2 Å². The molecule has 1 unspecified atom stereocenters. The van der Waals surface area contributed by atoms with Crippen molar-refractivity contribution < 1.29 is 41.0 Å². The molecule has 1 rings (SSSR count). The fourth-order valence-electron chi connectivity index (χ4n) is 1.22. The van der Waals surface area contributed by atoms with Crippen molar-refractivity contribution in [2.75, 3.05) is 6.54 Å². The van der Waals surface area contributed by atoms with Crippen LogP contribution in [0.1, 0.15) is 10.4 Å². The smallest absolute Gasteiger partial charge is 0.415 e. The molecule has 0 aromatic heterocycles.